The van der Waals surface area contributed by atoms with Gasteiger partial charge in [0.15, 0.2) is 0 Å². The van der Waals surface area contributed by atoms with E-state index in [1.807, 2.05) is 0 Å². The predicted octanol–water partition coefficient (Wildman–Crippen LogP) is 13.0. The zero-order chi connectivity index (χ0) is 33.7. The van der Waals surface area contributed by atoms with Crippen molar-refractivity contribution in [1.29, 1.82) is 0 Å². The van der Waals surface area contributed by atoms with Gasteiger partial charge in [0.05, 0.1) is 0 Å². The summed E-state index contributed by atoms with van der Waals surface area (Å²) in [5.74, 6) is 22.9. The fraction of sp³-hybridized carbons (Fsp3) is 0.769. The quantitative estimate of drug-likeness (QED) is 0.294. The molecule has 2 aromatic rings. The normalized spacial score (nSPS) is 56.2. The molecule has 0 nitrogen and oxygen atoms in total. The van der Waals surface area contributed by atoms with Gasteiger partial charge in [0.1, 0.15) is 0 Å². The van der Waals surface area contributed by atoms with Gasteiger partial charge in [-0.05, 0) is 218 Å². The lowest BCUT2D eigenvalue weighted by Gasteiger charge is -2.65. The van der Waals surface area contributed by atoms with Crippen LogP contribution in [0.1, 0.15) is 139 Å². The van der Waals surface area contributed by atoms with Crippen molar-refractivity contribution in [2.45, 2.75) is 127 Å². The summed E-state index contributed by atoms with van der Waals surface area (Å²) in [5.41, 5.74) is 3.50. The van der Waals surface area contributed by atoms with Crippen LogP contribution in [0.3, 0.4) is 0 Å². The van der Waals surface area contributed by atoms with Crippen molar-refractivity contribution in [1.82, 2.24) is 0 Å². The van der Waals surface area contributed by atoms with Crippen molar-refractivity contribution >= 4 is 0 Å². The van der Waals surface area contributed by atoms with Crippen LogP contribution in [-0.2, 0) is 0 Å². The number of fused-ring (bicyclic) bond motifs is 10. The Balaban J connectivity index is 0.885. The molecule has 0 saturated heterocycles. The number of hydrogen-bond acceptors (Lipinski definition) is 0. The average molecular weight is 693 g/mol. The highest BCUT2D eigenvalue weighted by atomic mass is 14.8. The van der Waals surface area contributed by atoms with Crippen LogP contribution in [0.25, 0.3) is 0 Å². The van der Waals surface area contributed by atoms with E-state index < -0.39 is 0 Å². The van der Waals surface area contributed by atoms with E-state index in [0.717, 1.165) is 130 Å². The third kappa shape index (κ3) is 4.24. The molecule has 11 aliphatic rings. The van der Waals surface area contributed by atoms with Crippen LogP contribution in [0.5, 0.6) is 0 Å². The minimum absolute atomic E-state index is 0.815. The Morgan fingerprint density at radius 3 is 1.00 bits per heavy atom. The van der Waals surface area contributed by atoms with Crippen LogP contribution >= 0.6 is 0 Å². The average Bonchev–Trinajstić information content (AvgIpc) is 3.71. The highest BCUT2D eigenvalue weighted by Gasteiger charge is 2.71. The third-order valence-electron chi connectivity index (χ3n) is 21.6. The molecule has 0 radical (unpaired) electrons. The largest absolute Gasteiger partial charge is 0.0622 e. The van der Waals surface area contributed by atoms with Gasteiger partial charge in [-0.15, -0.1) is 0 Å². The molecular formula is C52H68. The number of hydrogen-bond donors (Lipinski definition) is 0. The summed E-state index contributed by atoms with van der Waals surface area (Å²) in [6, 6.07) is 24.6. The number of benzene rings is 2. The maximum absolute atomic E-state index is 2.60. The second kappa shape index (κ2) is 12.0. The molecule has 2 aromatic carbocycles. The van der Waals surface area contributed by atoms with Gasteiger partial charge in [-0.3, -0.25) is 0 Å². The van der Waals surface area contributed by atoms with Gasteiger partial charge >= 0.3 is 0 Å². The summed E-state index contributed by atoms with van der Waals surface area (Å²) in [6.45, 7) is 0. The van der Waals surface area contributed by atoms with Crippen molar-refractivity contribution < 1.29 is 0 Å². The van der Waals surface area contributed by atoms with Crippen molar-refractivity contribution in [3.05, 3.63) is 71.8 Å². The molecular weight excluding hydrogens is 625 g/mol. The summed E-state index contributed by atoms with van der Waals surface area (Å²) in [4.78, 5) is 0. The van der Waals surface area contributed by atoms with Gasteiger partial charge in [-0.25, -0.2) is 0 Å². The zero-order valence-electron chi connectivity index (χ0n) is 32.2. The zero-order valence-corrected chi connectivity index (χ0v) is 32.2. The highest BCUT2D eigenvalue weighted by molar-refractivity contribution is 5.33. The highest BCUT2D eigenvalue weighted by Crippen LogP contribution is 2.78. The molecule has 11 saturated carbocycles. The monoisotopic (exact) mass is 693 g/mol. The Kier molecular flexibility index (Phi) is 7.28. The Hall–Kier alpha value is -1.56. The Morgan fingerprint density at radius 2 is 0.596 bits per heavy atom. The molecule has 13 rings (SSSR count). The van der Waals surface area contributed by atoms with E-state index in [-0.39, 0.29) is 0 Å². The van der Waals surface area contributed by atoms with Gasteiger partial charge in [0.2, 0.25) is 0 Å². The topological polar surface area (TPSA) is 0 Å². The maximum atomic E-state index is 2.60. The van der Waals surface area contributed by atoms with Gasteiger partial charge in [-0.1, -0.05) is 99.2 Å². The SMILES string of the molecule is c1ccc(C2C3CCCCC3C(c3ccccc3)C3C4CCC5C6CCC7C8CC9CCCCC9CC8C8CCC(C9CCC(C4C95)C23)C6C87)cc1. The first-order chi connectivity index (χ1) is 25.8. The van der Waals surface area contributed by atoms with Crippen molar-refractivity contribution in [2.75, 3.05) is 0 Å². The standard InChI is InChI=1S/C52H68/c1-3-11-29(12-4-1)45-33-17-9-10-18-34(33)46(30-13-5-2-6-14-30)52-42-26-24-38-36-20-22-40-44-28-32-16-8-7-15-31(32)27-43(44)39-21-19-35(47(36)49(39)40)37-23-25-41(51(45)52)50(42)48(37)38/h1-6,11-14,31-52H,7-10,15-28H2. The molecule has 0 heterocycles. The van der Waals surface area contributed by atoms with Crippen LogP contribution in [0.4, 0.5) is 0 Å². The van der Waals surface area contributed by atoms with E-state index in [2.05, 4.69) is 60.7 Å². The molecule has 11 aliphatic carbocycles. The molecule has 18 unspecified atom stereocenters. The van der Waals surface area contributed by atoms with Crippen LogP contribution in [0.15, 0.2) is 60.7 Å². The summed E-state index contributed by atoms with van der Waals surface area (Å²) in [5, 5.41) is 0. The van der Waals surface area contributed by atoms with E-state index in [0.29, 0.717) is 0 Å². The minimum atomic E-state index is 0.815. The molecule has 0 amide bonds. The number of rotatable bonds is 2. The molecule has 0 aliphatic heterocycles. The Labute approximate surface area is 316 Å². The van der Waals surface area contributed by atoms with Gasteiger partial charge in [0, 0.05) is 0 Å². The van der Waals surface area contributed by atoms with E-state index in [1.54, 1.807) is 101 Å². The second-order valence-corrected chi connectivity index (χ2v) is 22.2. The second-order valence-electron chi connectivity index (χ2n) is 22.2. The summed E-state index contributed by atoms with van der Waals surface area (Å²) < 4.78 is 0. The van der Waals surface area contributed by atoms with E-state index >= 15 is 0 Å². The van der Waals surface area contributed by atoms with Crippen molar-refractivity contribution in [3.8, 4) is 0 Å². The van der Waals surface area contributed by atoms with Crippen LogP contribution < -0.4 is 0 Å². The predicted molar refractivity (Wildman–Crippen MR) is 211 cm³/mol. The smallest absolute Gasteiger partial charge is 0.00967 e. The van der Waals surface area contributed by atoms with E-state index in [9.17, 15) is 0 Å². The Morgan fingerprint density at radius 1 is 0.269 bits per heavy atom. The van der Waals surface area contributed by atoms with Gasteiger partial charge in [0.25, 0.3) is 0 Å². The molecule has 0 N–H and O–H groups in total. The first-order valence-corrected chi connectivity index (χ1v) is 23.9. The minimum Gasteiger partial charge on any atom is -0.0622 e. The molecule has 0 aromatic heterocycles. The molecule has 276 valence electrons. The molecule has 18 atom stereocenters. The summed E-state index contributed by atoms with van der Waals surface area (Å²) >= 11 is 0. The third-order valence-corrected chi connectivity index (χ3v) is 21.6. The van der Waals surface area contributed by atoms with Crippen LogP contribution in [0, 0.1) is 118 Å². The van der Waals surface area contributed by atoms with Crippen molar-refractivity contribution in [2.24, 2.45) is 118 Å². The lowest BCUT2D eigenvalue weighted by Crippen LogP contribution is -2.59. The molecule has 0 heteroatoms. The Bertz CT molecular complexity index is 1510. The molecule has 0 bridgehead atoms. The first kappa shape index (κ1) is 31.6. The molecule has 11 fully saturated rings. The van der Waals surface area contributed by atoms with E-state index in [4.69, 9.17) is 0 Å². The van der Waals surface area contributed by atoms with Crippen LogP contribution in [-0.4, -0.2) is 0 Å². The van der Waals surface area contributed by atoms with E-state index in [1.165, 1.54) is 25.7 Å². The van der Waals surface area contributed by atoms with Crippen molar-refractivity contribution in [3.63, 3.8) is 0 Å². The summed E-state index contributed by atoms with van der Waals surface area (Å²) in [6.07, 6.45) is 28.6. The maximum Gasteiger partial charge on any atom is -0.00967 e. The lowest BCUT2D eigenvalue weighted by atomic mass is 9.40. The van der Waals surface area contributed by atoms with Crippen LogP contribution in [0.2, 0.25) is 0 Å². The lowest BCUT2D eigenvalue weighted by molar-refractivity contribution is -0.171. The molecule has 0 spiro atoms. The fourth-order valence-corrected chi connectivity index (χ4v) is 21.0. The first-order valence-electron chi connectivity index (χ1n) is 23.9. The molecule has 52 heavy (non-hydrogen) atoms. The summed E-state index contributed by atoms with van der Waals surface area (Å²) in [7, 11) is 0. The van der Waals surface area contributed by atoms with Gasteiger partial charge in [-0.2, -0.15) is 0 Å². The fourth-order valence-electron chi connectivity index (χ4n) is 21.0. The van der Waals surface area contributed by atoms with Gasteiger partial charge < -0.3 is 0 Å².